The molecule has 0 unspecified atom stereocenters. The van der Waals surface area contributed by atoms with Gasteiger partial charge in [-0.15, -0.1) is 0 Å². The van der Waals surface area contributed by atoms with E-state index in [0.29, 0.717) is 35.1 Å². The average Bonchev–Trinajstić information content (AvgIpc) is 2.99. The summed E-state index contributed by atoms with van der Waals surface area (Å²) in [5, 5.41) is 11.4. The van der Waals surface area contributed by atoms with Crippen LogP contribution >= 0.6 is 23.2 Å². The third-order valence-electron chi connectivity index (χ3n) is 5.04. The van der Waals surface area contributed by atoms with Crippen LogP contribution in [0.2, 0.25) is 10.0 Å². The molecule has 1 aliphatic carbocycles. The number of non-ortho nitro benzene ring substituents is 1. The maximum atomic E-state index is 12.9. The monoisotopic (exact) mass is 482 g/mol. The number of nitrogens with zero attached hydrogens (tertiary/aromatic N) is 1. The second kappa shape index (κ2) is 7.22. The van der Waals surface area contributed by atoms with Gasteiger partial charge in [0.05, 0.1) is 26.2 Å². The number of Topliss-reactive ketones (excluding diaryl/α,β-unsaturated/α-hetero) is 1. The number of hydrogen-bond donors (Lipinski definition) is 1. The summed E-state index contributed by atoms with van der Waals surface area (Å²) in [5.74, 6) is 0.405. The summed E-state index contributed by atoms with van der Waals surface area (Å²) in [5.41, 5.74) is 0.0876. The Hall–Kier alpha value is -2.62. The molecule has 0 aliphatic heterocycles. The third-order valence-corrected chi connectivity index (χ3v) is 7.19. The quantitative estimate of drug-likeness (QED) is 0.381. The number of nitrogens with one attached hydrogen (secondary N) is 1. The van der Waals surface area contributed by atoms with Gasteiger partial charge in [-0.3, -0.25) is 19.6 Å². The van der Waals surface area contributed by atoms with Crippen molar-refractivity contribution in [1.29, 1.82) is 0 Å². The number of hydrogen-bond acceptors (Lipinski definition) is 6. The number of anilines is 1. The number of fused-ring (bicyclic) bond motifs is 3. The molecule has 0 saturated heterocycles. The first-order chi connectivity index (χ1) is 14.4. The second-order valence-corrected chi connectivity index (χ2v) is 10.6. The van der Waals surface area contributed by atoms with Gasteiger partial charge in [0.15, 0.2) is 11.4 Å². The van der Waals surface area contributed by atoms with Crippen LogP contribution < -0.4 is 4.72 Å². The van der Waals surface area contributed by atoms with E-state index in [1.165, 1.54) is 12.1 Å². The van der Waals surface area contributed by atoms with Crippen molar-refractivity contribution in [2.75, 3.05) is 4.72 Å². The zero-order valence-electron chi connectivity index (χ0n) is 16.4. The highest BCUT2D eigenvalue weighted by atomic mass is 35.5. The Morgan fingerprint density at radius 1 is 1.13 bits per heavy atom. The zero-order valence-corrected chi connectivity index (χ0v) is 18.7. The topological polar surface area (TPSA) is 120 Å². The van der Waals surface area contributed by atoms with Crippen molar-refractivity contribution in [3.63, 3.8) is 0 Å². The first-order valence-corrected chi connectivity index (χ1v) is 11.4. The number of ketones is 1. The lowest BCUT2D eigenvalue weighted by Crippen LogP contribution is -2.25. The van der Waals surface area contributed by atoms with Gasteiger partial charge in [-0.2, -0.15) is 0 Å². The lowest BCUT2D eigenvalue weighted by molar-refractivity contribution is -0.385. The molecule has 0 fully saturated rings. The molecule has 1 heterocycles. The lowest BCUT2D eigenvalue weighted by atomic mass is 9.76. The smallest absolute Gasteiger partial charge is 0.270 e. The maximum absolute atomic E-state index is 12.9. The van der Waals surface area contributed by atoms with Crippen LogP contribution in [0.25, 0.3) is 11.0 Å². The van der Waals surface area contributed by atoms with E-state index < -0.39 is 25.5 Å². The Morgan fingerprint density at radius 2 is 1.84 bits per heavy atom. The standard InChI is InChI=1S/C20H16Cl2N2O6S/c1-20(2)8-15(25)18-12-5-10(6-14(22)19(12)30-16(18)9-20)23-31(28,29)17-7-11(24(26)27)3-4-13(17)21/h3-7,23H,8-9H2,1-2H3. The predicted octanol–water partition coefficient (Wildman–Crippen LogP) is 5.60. The fourth-order valence-corrected chi connectivity index (χ4v) is 5.56. The lowest BCUT2D eigenvalue weighted by Gasteiger charge is -2.27. The summed E-state index contributed by atoms with van der Waals surface area (Å²) in [6.07, 6.45) is 0.870. The minimum atomic E-state index is -4.28. The molecule has 8 nitrogen and oxygen atoms in total. The Labute approximate surface area is 187 Å². The average molecular weight is 483 g/mol. The van der Waals surface area contributed by atoms with Gasteiger partial charge in [0.25, 0.3) is 15.7 Å². The van der Waals surface area contributed by atoms with Crippen LogP contribution in [0.15, 0.2) is 39.6 Å². The fraction of sp³-hybridized carbons (Fsp3) is 0.250. The van der Waals surface area contributed by atoms with E-state index in [0.717, 1.165) is 18.2 Å². The van der Waals surface area contributed by atoms with Crippen molar-refractivity contribution in [3.05, 3.63) is 61.8 Å². The van der Waals surface area contributed by atoms with Gasteiger partial charge in [-0.1, -0.05) is 37.0 Å². The molecule has 0 atom stereocenters. The van der Waals surface area contributed by atoms with Crippen LogP contribution in [0.1, 0.15) is 36.4 Å². The van der Waals surface area contributed by atoms with Gasteiger partial charge in [-0.05, 0) is 23.6 Å². The molecule has 31 heavy (non-hydrogen) atoms. The third kappa shape index (κ3) is 3.88. The summed E-state index contributed by atoms with van der Waals surface area (Å²) in [6.45, 7) is 3.93. The zero-order chi connectivity index (χ0) is 22.7. The SMILES string of the molecule is CC1(C)CC(=O)c2c(oc3c(Cl)cc(NS(=O)(=O)c4cc([N+](=O)[O-])ccc4Cl)cc23)C1. The van der Waals surface area contributed by atoms with Gasteiger partial charge in [-0.25, -0.2) is 8.42 Å². The minimum absolute atomic E-state index is 0.0707. The van der Waals surface area contributed by atoms with Gasteiger partial charge < -0.3 is 4.42 Å². The highest BCUT2D eigenvalue weighted by Gasteiger charge is 2.36. The van der Waals surface area contributed by atoms with Crippen LogP contribution in [0.5, 0.6) is 0 Å². The first-order valence-electron chi connectivity index (χ1n) is 9.13. The van der Waals surface area contributed by atoms with Crippen LogP contribution in [0, 0.1) is 15.5 Å². The summed E-state index contributed by atoms with van der Waals surface area (Å²) < 4.78 is 33.9. The molecular weight excluding hydrogens is 467 g/mol. The van der Waals surface area contributed by atoms with Crippen molar-refractivity contribution >= 4 is 61.4 Å². The van der Waals surface area contributed by atoms with Crippen molar-refractivity contribution < 1.29 is 22.6 Å². The molecule has 4 rings (SSSR count). The van der Waals surface area contributed by atoms with Crippen molar-refractivity contribution in [2.24, 2.45) is 5.41 Å². The summed E-state index contributed by atoms with van der Waals surface area (Å²) in [7, 11) is -4.28. The Bertz CT molecular complexity index is 1380. The molecule has 0 amide bonds. The molecule has 0 saturated carbocycles. The Kier molecular flexibility index (Phi) is 5.03. The van der Waals surface area contributed by atoms with E-state index in [2.05, 4.69) is 4.72 Å². The summed E-state index contributed by atoms with van der Waals surface area (Å²) in [4.78, 5) is 22.6. The number of carbonyl (C=O) groups excluding carboxylic acids is 1. The van der Waals surface area contributed by atoms with E-state index in [1.54, 1.807) is 0 Å². The van der Waals surface area contributed by atoms with Gasteiger partial charge in [0.1, 0.15) is 10.7 Å². The Balaban J connectivity index is 1.80. The highest BCUT2D eigenvalue weighted by molar-refractivity contribution is 7.92. The second-order valence-electron chi connectivity index (χ2n) is 8.15. The predicted molar refractivity (Wildman–Crippen MR) is 117 cm³/mol. The van der Waals surface area contributed by atoms with E-state index in [4.69, 9.17) is 27.6 Å². The molecule has 1 aliphatic rings. The van der Waals surface area contributed by atoms with Crippen LogP contribution in [-0.4, -0.2) is 19.1 Å². The van der Waals surface area contributed by atoms with Crippen LogP contribution in [0.3, 0.4) is 0 Å². The number of rotatable bonds is 4. The largest absolute Gasteiger partial charge is 0.459 e. The summed E-state index contributed by atoms with van der Waals surface area (Å²) >= 11 is 12.3. The van der Waals surface area contributed by atoms with E-state index in [-0.39, 0.29) is 26.9 Å². The molecule has 1 aromatic heterocycles. The van der Waals surface area contributed by atoms with Crippen LogP contribution in [0.4, 0.5) is 11.4 Å². The minimum Gasteiger partial charge on any atom is -0.459 e. The molecule has 1 N–H and O–H groups in total. The maximum Gasteiger partial charge on any atom is 0.270 e. The van der Waals surface area contributed by atoms with Gasteiger partial charge in [0, 0.05) is 30.4 Å². The van der Waals surface area contributed by atoms with E-state index in [9.17, 15) is 23.3 Å². The number of nitro benzene ring substituents is 1. The van der Waals surface area contributed by atoms with E-state index in [1.807, 2.05) is 13.8 Å². The molecule has 0 spiro atoms. The molecule has 0 bridgehead atoms. The van der Waals surface area contributed by atoms with Crippen molar-refractivity contribution in [3.8, 4) is 0 Å². The van der Waals surface area contributed by atoms with E-state index >= 15 is 0 Å². The molecule has 2 aromatic carbocycles. The number of furan rings is 1. The van der Waals surface area contributed by atoms with Gasteiger partial charge >= 0.3 is 0 Å². The Morgan fingerprint density at radius 3 is 2.52 bits per heavy atom. The first kappa shape index (κ1) is 21.6. The number of benzene rings is 2. The van der Waals surface area contributed by atoms with Crippen LogP contribution in [-0.2, 0) is 16.4 Å². The summed E-state index contributed by atoms with van der Waals surface area (Å²) in [6, 6.07) is 5.92. The molecule has 162 valence electrons. The van der Waals surface area contributed by atoms with Gasteiger partial charge in [0.2, 0.25) is 0 Å². The number of halogens is 2. The molecular formula is C20H16Cl2N2O6S. The highest BCUT2D eigenvalue weighted by Crippen LogP contribution is 2.42. The van der Waals surface area contributed by atoms with Crippen molar-refractivity contribution in [1.82, 2.24) is 0 Å². The molecule has 11 heteroatoms. The number of nitro groups is 1. The number of sulfonamides is 1. The normalized spacial score (nSPS) is 15.7. The molecule has 0 radical (unpaired) electrons. The fourth-order valence-electron chi connectivity index (χ4n) is 3.74. The number of carbonyl (C=O) groups is 1. The van der Waals surface area contributed by atoms with Crippen molar-refractivity contribution in [2.45, 2.75) is 31.6 Å². The molecule has 3 aromatic rings.